The van der Waals surface area contributed by atoms with Gasteiger partial charge >= 0.3 is 0 Å². The van der Waals surface area contributed by atoms with Gasteiger partial charge in [0.1, 0.15) is 11.4 Å². The molecule has 3 aromatic rings. The van der Waals surface area contributed by atoms with Gasteiger partial charge in [0.2, 0.25) is 16.0 Å². The number of anilines is 1. The number of nitrogens with zero attached hydrogens (tertiary/aromatic N) is 5. The van der Waals surface area contributed by atoms with E-state index in [2.05, 4.69) is 24.9 Å². The van der Waals surface area contributed by atoms with Crippen molar-refractivity contribution < 1.29 is 22.6 Å². The van der Waals surface area contributed by atoms with E-state index in [9.17, 15) is 8.42 Å². The molecule has 0 spiro atoms. The van der Waals surface area contributed by atoms with Crippen LogP contribution in [0.1, 0.15) is 38.7 Å². The molecule has 2 aromatic heterocycles. The molecule has 1 N–H and O–H groups in total. The molecule has 0 aliphatic rings. The minimum Gasteiger partial charge on any atom is -0.382 e. The second-order valence-electron chi connectivity index (χ2n) is 8.36. The predicted octanol–water partition coefficient (Wildman–Crippen LogP) is 3.52. The Hall–Kier alpha value is -2.64. The van der Waals surface area contributed by atoms with E-state index < -0.39 is 27.4 Å². The third kappa shape index (κ3) is 6.77. The molecule has 0 saturated heterocycles. The lowest BCUT2D eigenvalue weighted by molar-refractivity contribution is 0.00154. The van der Waals surface area contributed by atoms with Crippen molar-refractivity contribution in [3.8, 4) is 11.4 Å². The molecular formula is C23H31ClN6O5S. The van der Waals surface area contributed by atoms with Gasteiger partial charge in [0, 0.05) is 32.2 Å². The topological polar surface area (TPSA) is 130 Å². The van der Waals surface area contributed by atoms with E-state index in [4.69, 9.17) is 25.8 Å². The van der Waals surface area contributed by atoms with E-state index in [1.165, 1.54) is 19.3 Å². The number of aromatic nitrogens is 5. The number of rotatable bonds is 13. The molecule has 13 heteroatoms. The molecule has 0 aliphatic heterocycles. The molecule has 196 valence electrons. The first kappa shape index (κ1) is 27.9. The van der Waals surface area contributed by atoms with Crippen molar-refractivity contribution in [1.29, 1.82) is 0 Å². The summed E-state index contributed by atoms with van der Waals surface area (Å²) < 4.78 is 48.1. The van der Waals surface area contributed by atoms with Crippen LogP contribution in [0.3, 0.4) is 0 Å². The molecule has 2 atom stereocenters. The predicted molar refractivity (Wildman–Crippen MR) is 136 cm³/mol. The number of halogens is 1. The molecule has 0 radical (unpaired) electrons. The highest BCUT2D eigenvalue weighted by Crippen LogP contribution is 2.30. The van der Waals surface area contributed by atoms with Crippen molar-refractivity contribution in [1.82, 2.24) is 24.7 Å². The summed E-state index contributed by atoms with van der Waals surface area (Å²) in [6.07, 6.45) is 1.55. The van der Waals surface area contributed by atoms with Gasteiger partial charge in [0.15, 0.2) is 11.6 Å². The Morgan fingerprint density at radius 3 is 2.17 bits per heavy atom. The molecular weight excluding hydrogens is 508 g/mol. The molecule has 0 saturated carbocycles. The summed E-state index contributed by atoms with van der Waals surface area (Å²) in [7, 11) is -0.951. The Labute approximate surface area is 216 Å². The third-order valence-electron chi connectivity index (χ3n) is 5.27. The SMILES string of the molecule is COCC(COC)n1c(NS(=O)(=O)C(C)C(OC(C)C)c2ncc(Cl)cn2)nnc1-c1ccccc1. The Morgan fingerprint density at radius 2 is 1.61 bits per heavy atom. The van der Waals surface area contributed by atoms with Gasteiger partial charge in [-0.25, -0.2) is 18.4 Å². The van der Waals surface area contributed by atoms with Crippen LogP contribution in [0, 0.1) is 0 Å². The van der Waals surface area contributed by atoms with Crippen molar-refractivity contribution in [2.24, 2.45) is 0 Å². The maximum absolute atomic E-state index is 13.6. The van der Waals surface area contributed by atoms with Gasteiger partial charge in [0.25, 0.3) is 0 Å². The molecule has 3 rings (SSSR count). The lowest BCUT2D eigenvalue weighted by atomic mass is 10.2. The van der Waals surface area contributed by atoms with Crippen LogP contribution in [0.2, 0.25) is 5.02 Å². The Balaban J connectivity index is 2.02. The van der Waals surface area contributed by atoms with Crippen LogP contribution in [-0.2, 0) is 24.2 Å². The molecule has 0 amide bonds. The van der Waals surface area contributed by atoms with Gasteiger partial charge in [0.05, 0.1) is 30.4 Å². The lowest BCUT2D eigenvalue weighted by Gasteiger charge is -2.26. The number of sulfonamides is 1. The summed E-state index contributed by atoms with van der Waals surface area (Å²) in [6, 6.07) is 8.93. The summed E-state index contributed by atoms with van der Waals surface area (Å²) in [4.78, 5) is 8.37. The average Bonchev–Trinajstić information content (AvgIpc) is 3.25. The van der Waals surface area contributed by atoms with E-state index in [1.54, 1.807) is 32.6 Å². The number of ether oxygens (including phenoxy) is 3. The summed E-state index contributed by atoms with van der Waals surface area (Å²) in [6.45, 7) is 5.62. The van der Waals surface area contributed by atoms with Crippen molar-refractivity contribution in [2.75, 3.05) is 32.2 Å². The fourth-order valence-corrected chi connectivity index (χ4v) is 4.79. The van der Waals surface area contributed by atoms with E-state index >= 15 is 0 Å². The molecule has 2 heterocycles. The van der Waals surface area contributed by atoms with Crippen molar-refractivity contribution in [3.63, 3.8) is 0 Å². The molecule has 2 unspecified atom stereocenters. The van der Waals surface area contributed by atoms with Crippen molar-refractivity contribution in [2.45, 2.75) is 44.3 Å². The first-order chi connectivity index (χ1) is 17.2. The summed E-state index contributed by atoms with van der Waals surface area (Å²) in [5.74, 6) is 0.699. The van der Waals surface area contributed by atoms with Crippen LogP contribution in [0.4, 0.5) is 5.95 Å². The molecule has 1 aromatic carbocycles. The second kappa shape index (κ2) is 12.5. The highest BCUT2D eigenvalue weighted by Gasteiger charge is 2.36. The smallest absolute Gasteiger partial charge is 0.240 e. The number of nitrogens with one attached hydrogen (secondary N) is 1. The van der Waals surface area contributed by atoms with Crippen molar-refractivity contribution >= 4 is 27.6 Å². The zero-order valence-electron chi connectivity index (χ0n) is 20.8. The highest BCUT2D eigenvalue weighted by atomic mass is 35.5. The minimum atomic E-state index is -4.06. The Morgan fingerprint density at radius 1 is 1.00 bits per heavy atom. The van der Waals surface area contributed by atoms with Gasteiger partial charge in [-0.2, -0.15) is 0 Å². The van der Waals surface area contributed by atoms with Gasteiger partial charge in [-0.05, 0) is 20.8 Å². The van der Waals surface area contributed by atoms with Crippen LogP contribution in [0.25, 0.3) is 11.4 Å². The van der Waals surface area contributed by atoms with Gasteiger partial charge < -0.3 is 14.2 Å². The van der Waals surface area contributed by atoms with Crippen LogP contribution in [0.15, 0.2) is 42.7 Å². The monoisotopic (exact) mass is 538 g/mol. The normalized spacial score (nSPS) is 13.8. The molecule has 0 aliphatic carbocycles. The van der Waals surface area contributed by atoms with E-state index in [0.29, 0.717) is 10.8 Å². The largest absolute Gasteiger partial charge is 0.382 e. The zero-order valence-corrected chi connectivity index (χ0v) is 22.4. The van der Waals surface area contributed by atoms with Gasteiger partial charge in [-0.3, -0.25) is 9.29 Å². The molecule has 0 fully saturated rings. The number of hydrogen-bond donors (Lipinski definition) is 1. The number of hydrogen-bond acceptors (Lipinski definition) is 9. The van der Waals surface area contributed by atoms with Crippen molar-refractivity contribution in [3.05, 3.63) is 53.6 Å². The maximum Gasteiger partial charge on any atom is 0.240 e. The van der Waals surface area contributed by atoms with E-state index in [0.717, 1.165) is 5.56 Å². The third-order valence-corrected chi connectivity index (χ3v) is 7.16. The zero-order chi connectivity index (χ0) is 26.3. The second-order valence-corrected chi connectivity index (χ2v) is 10.8. The number of methoxy groups -OCH3 is 2. The Bertz CT molecular complexity index is 1200. The lowest BCUT2D eigenvalue weighted by Crippen LogP contribution is -2.35. The van der Waals surface area contributed by atoms with Gasteiger partial charge in [-0.15, -0.1) is 10.2 Å². The Kier molecular flexibility index (Phi) is 9.74. The van der Waals surface area contributed by atoms with Crippen LogP contribution >= 0.6 is 11.6 Å². The maximum atomic E-state index is 13.6. The summed E-state index contributed by atoms with van der Waals surface area (Å²) in [5.41, 5.74) is 0.760. The standard InChI is InChI=1S/C23H31ClN6O5S/c1-15(2)35-20(21-25-11-18(24)12-26-21)16(3)36(31,32)29-23-28-27-22(17-9-7-6-8-10-17)30(23)19(13-33-4)14-34-5/h6-12,15-16,19-20H,13-14H2,1-5H3,(H,28,29). The molecule has 11 nitrogen and oxygen atoms in total. The van der Waals surface area contributed by atoms with Crippen LogP contribution in [-0.4, -0.2) is 71.9 Å². The fourth-order valence-electron chi connectivity index (χ4n) is 3.60. The minimum absolute atomic E-state index is 0.0279. The summed E-state index contributed by atoms with van der Waals surface area (Å²) in [5, 5.41) is 7.70. The quantitative estimate of drug-likeness (QED) is 0.347. The summed E-state index contributed by atoms with van der Waals surface area (Å²) >= 11 is 5.92. The molecule has 36 heavy (non-hydrogen) atoms. The van der Waals surface area contributed by atoms with Crippen LogP contribution < -0.4 is 4.72 Å². The van der Waals surface area contributed by atoms with Crippen LogP contribution in [0.5, 0.6) is 0 Å². The fraction of sp³-hybridized carbons (Fsp3) is 0.478. The average molecular weight is 539 g/mol. The first-order valence-corrected chi connectivity index (χ1v) is 13.2. The molecule has 0 bridgehead atoms. The van der Waals surface area contributed by atoms with E-state index in [-0.39, 0.29) is 31.1 Å². The van der Waals surface area contributed by atoms with Gasteiger partial charge in [-0.1, -0.05) is 41.9 Å². The first-order valence-electron chi connectivity index (χ1n) is 11.3. The number of benzene rings is 1. The van der Waals surface area contributed by atoms with E-state index in [1.807, 2.05) is 30.3 Å². The highest BCUT2D eigenvalue weighted by molar-refractivity contribution is 7.93.